The number of hydrogen-bond donors (Lipinski definition) is 1. The Morgan fingerprint density at radius 1 is 1.15 bits per heavy atom. The second-order valence-electron chi connectivity index (χ2n) is 6.06. The van der Waals surface area contributed by atoms with Gasteiger partial charge in [-0.2, -0.15) is 10.2 Å². The molecule has 0 saturated carbocycles. The van der Waals surface area contributed by atoms with Gasteiger partial charge in [-0.15, -0.1) is 0 Å². The summed E-state index contributed by atoms with van der Waals surface area (Å²) in [7, 11) is 3.97. The summed E-state index contributed by atoms with van der Waals surface area (Å²) in [4.78, 5) is 6.35. The predicted octanol–water partition coefficient (Wildman–Crippen LogP) is 4.58. The van der Waals surface area contributed by atoms with E-state index in [1.165, 1.54) is 0 Å². The highest BCUT2D eigenvalue weighted by atomic mass is 35.5. The lowest BCUT2D eigenvalue weighted by atomic mass is 10.1. The summed E-state index contributed by atoms with van der Waals surface area (Å²) in [6, 6.07) is 19.3. The maximum Gasteiger partial charge on any atom is 0.232 e. The topological polar surface area (TPSA) is 65.1 Å². The van der Waals surface area contributed by atoms with Crippen molar-refractivity contribution >= 4 is 17.5 Å². The van der Waals surface area contributed by atoms with E-state index in [4.69, 9.17) is 16.0 Å². The van der Waals surface area contributed by atoms with Gasteiger partial charge in [0.15, 0.2) is 0 Å². The molecule has 3 aromatic rings. The van der Waals surface area contributed by atoms with Crippen LogP contribution in [0.3, 0.4) is 0 Å². The third-order valence-electron chi connectivity index (χ3n) is 4.10. The maximum atomic E-state index is 9.37. The van der Waals surface area contributed by atoms with Crippen LogP contribution in [0.15, 0.2) is 59.0 Å². The SMILES string of the molecule is CN(C)[C@H](CNc1oc(-c2ccccc2)nc1C#N)c1ccccc1Cl. The molecule has 2 aromatic carbocycles. The zero-order valence-corrected chi connectivity index (χ0v) is 15.4. The number of nitrogens with zero attached hydrogens (tertiary/aromatic N) is 3. The molecule has 0 spiro atoms. The van der Waals surface area contributed by atoms with E-state index in [0.717, 1.165) is 11.1 Å². The van der Waals surface area contributed by atoms with E-state index in [1.54, 1.807) is 0 Å². The minimum Gasteiger partial charge on any atom is -0.419 e. The average Bonchev–Trinajstić information content (AvgIpc) is 3.07. The van der Waals surface area contributed by atoms with Gasteiger partial charge in [0.2, 0.25) is 17.5 Å². The van der Waals surface area contributed by atoms with E-state index in [9.17, 15) is 5.26 Å². The number of benzene rings is 2. The quantitative estimate of drug-likeness (QED) is 0.691. The van der Waals surface area contributed by atoms with Gasteiger partial charge in [0, 0.05) is 17.1 Å². The third kappa shape index (κ3) is 3.88. The standard InChI is InChI=1S/C20H19ClN4O/c1-25(2)18(15-10-6-7-11-16(15)21)13-23-20-17(12-22)24-19(26-20)14-8-4-3-5-9-14/h3-11,18,23H,13H2,1-2H3/t18-/m1/s1. The molecule has 1 aromatic heterocycles. The van der Waals surface area contributed by atoms with Gasteiger partial charge in [0.05, 0.1) is 6.04 Å². The van der Waals surface area contributed by atoms with Crippen LogP contribution in [0.25, 0.3) is 11.5 Å². The molecule has 1 heterocycles. The van der Waals surface area contributed by atoms with Crippen LogP contribution in [0.1, 0.15) is 17.3 Å². The van der Waals surface area contributed by atoms with E-state index < -0.39 is 0 Å². The number of anilines is 1. The van der Waals surface area contributed by atoms with Crippen molar-refractivity contribution in [1.82, 2.24) is 9.88 Å². The van der Waals surface area contributed by atoms with Gasteiger partial charge < -0.3 is 14.6 Å². The summed E-state index contributed by atoms with van der Waals surface area (Å²) < 4.78 is 5.79. The lowest BCUT2D eigenvalue weighted by Crippen LogP contribution is -2.27. The van der Waals surface area contributed by atoms with Crippen molar-refractivity contribution in [1.29, 1.82) is 5.26 Å². The van der Waals surface area contributed by atoms with Gasteiger partial charge >= 0.3 is 0 Å². The van der Waals surface area contributed by atoms with E-state index in [1.807, 2.05) is 68.7 Å². The van der Waals surface area contributed by atoms with Crippen LogP contribution in [0.2, 0.25) is 5.02 Å². The number of halogens is 1. The van der Waals surface area contributed by atoms with Gasteiger partial charge in [-0.1, -0.05) is 48.0 Å². The molecule has 0 aliphatic heterocycles. The van der Waals surface area contributed by atoms with Crippen molar-refractivity contribution in [3.8, 4) is 17.5 Å². The predicted molar refractivity (Wildman–Crippen MR) is 103 cm³/mol. The fourth-order valence-electron chi connectivity index (χ4n) is 2.73. The van der Waals surface area contributed by atoms with Gasteiger partial charge in [0.25, 0.3) is 0 Å². The van der Waals surface area contributed by atoms with Crippen LogP contribution in [0.5, 0.6) is 0 Å². The molecule has 1 atom stereocenters. The number of hydrogen-bond acceptors (Lipinski definition) is 5. The number of oxazole rings is 1. The zero-order chi connectivity index (χ0) is 18.5. The molecule has 0 saturated heterocycles. The minimum absolute atomic E-state index is 0.0144. The summed E-state index contributed by atoms with van der Waals surface area (Å²) in [5.74, 6) is 0.786. The molecule has 0 fully saturated rings. The van der Waals surface area contributed by atoms with Gasteiger partial charge in [-0.3, -0.25) is 0 Å². The van der Waals surface area contributed by atoms with E-state index in [2.05, 4.69) is 21.3 Å². The number of aromatic nitrogens is 1. The number of nitrogens with one attached hydrogen (secondary N) is 1. The van der Waals surface area contributed by atoms with Crippen molar-refractivity contribution in [2.24, 2.45) is 0 Å². The molecule has 0 aliphatic carbocycles. The molecular formula is C20H19ClN4O. The molecule has 0 aliphatic rings. The molecule has 0 amide bonds. The van der Waals surface area contributed by atoms with E-state index in [-0.39, 0.29) is 11.7 Å². The number of rotatable bonds is 6. The Labute approximate surface area is 157 Å². The maximum absolute atomic E-state index is 9.37. The molecule has 132 valence electrons. The molecule has 5 nitrogen and oxygen atoms in total. The highest BCUT2D eigenvalue weighted by Crippen LogP contribution is 2.29. The lowest BCUT2D eigenvalue weighted by Gasteiger charge is -2.25. The molecule has 3 rings (SSSR count). The fraction of sp³-hybridized carbons (Fsp3) is 0.200. The monoisotopic (exact) mass is 366 g/mol. The van der Waals surface area contributed by atoms with Crippen LogP contribution in [0.4, 0.5) is 5.88 Å². The molecule has 0 unspecified atom stereocenters. The minimum atomic E-state index is 0.0144. The smallest absolute Gasteiger partial charge is 0.232 e. The van der Waals surface area contributed by atoms with Crippen molar-refractivity contribution < 1.29 is 4.42 Å². The Bertz CT molecular complexity index is 915. The Morgan fingerprint density at radius 3 is 2.50 bits per heavy atom. The second kappa shape index (κ2) is 8.05. The van der Waals surface area contributed by atoms with Crippen LogP contribution in [-0.4, -0.2) is 30.5 Å². The average molecular weight is 367 g/mol. The van der Waals surface area contributed by atoms with E-state index in [0.29, 0.717) is 23.3 Å². The molecule has 0 radical (unpaired) electrons. The lowest BCUT2D eigenvalue weighted by molar-refractivity contribution is 0.310. The first kappa shape index (κ1) is 18.0. The normalized spacial score (nSPS) is 12.0. The first-order valence-electron chi connectivity index (χ1n) is 8.21. The zero-order valence-electron chi connectivity index (χ0n) is 14.6. The van der Waals surface area contributed by atoms with Gasteiger partial charge in [-0.25, -0.2) is 0 Å². The Balaban J connectivity index is 1.83. The molecule has 6 heteroatoms. The summed E-state index contributed by atoms with van der Waals surface area (Å²) in [6.07, 6.45) is 0. The van der Waals surface area contributed by atoms with Crippen molar-refractivity contribution in [3.05, 3.63) is 70.9 Å². The highest BCUT2D eigenvalue weighted by Gasteiger charge is 2.20. The first-order chi connectivity index (χ1) is 12.6. The molecule has 0 bridgehead atoms. The summed E-state index contributed by atoms with van der Waals surface area (Å²) in [5.41, 5.74) is 2.07. The summed E-state index contributed by atoms with van der Waals surface area (Å²) in [5, 5.41) is 13.3. The van der Waals surface area contributed by atoms with Gasteiger partial charge in [-0.05, 0) is 37.9 Å². The van der Waals surface area contributed by atoms with Crippen molar-refractivity contribution in [2.45, 2.75) is 6.04 Å². The second-order valence-corrected chi connectivity index (χ2v) is 6.46. The highest BCUT2D eigenvalue weighted by molar-refractivity contribution is 6.31. The van der Waals surface area contributed by atoms with Crippen molar-refractivity contribution in [2.75, 3.05) is 26.0 Å². The number of nitriles is 1. The van der Waals surface area contributed by atoms with Crippen LogP contribution >= 0.6 is 11.6 Å². The largest absolute Gasteiger partial charge is 0.419 e. The Kier molecular flexibility index (Phi) is 5.57. The van der Waals surface area contributed by atoms with E-state index >= 15 is 0 Å². The first-order valence-corrected chi connectivity index (χ1v) is 8.59. The van der Waals surface area contributed by atoms with Crippen LogP contribution < -0.4 is 5.32 Å². The summed E-state index contributed by atoms with van der Waals surface area (Å²) in [6.45, 7) is 0.523. The Hall–Kier alpha value is -2.81. The van der Waals surface area contributed by atoms with Crippen LogP contribution in [0, 0.1) is 11.3 Å². The molecular weight excluding hydrogens is 348 g/mol. The molecule has 26 heavy (non-hydrogen) atoms. The number of likely N-dealkylation sites (N-methyl/N-ethyl adjacent to an activating group) is 1. The Morgan fingerprint density at radius 2 is 1.85 bits per heavy atom. The summed E-state index contributed by atoms with van der Waals surface area (Å²) >= 11 is 6.34. The fourth-order valence-corrected chi connectivity index (χ4v) is 2.99. The van der Waals surface area contributed by atoms with Crippen molar-refractivity contribution in [3.63, 3.8) is 0 Å². The van der Waals surface area contributed by atoms with Gasteiger partial charge in [0.1, 0.15) is 6.07 Å². The molecule has 1 N–H and O–H groups in total. The third-order valence-corrected chi connectivity index (χ3v) is 4.44. The van der Waals surface area contributed by atoms with Crippen LogP contribution in [-0.2, 0) is 0 Å².